The molecule has 15 heteroatoms. The highest BCUT2D eigenvalue weighted by molar-refractivity contribution is 8.29. The molecule has 11 atom stereocenters. The van der Waals surface area contributed by atoms with Gasteiger partial charge in [0.2, 0.25) is 0 Å². The summed E-state index contributed by atoms with van der Waals surface area (Å²) in [6.07, 6.45) is -4.06. The Morgan fingerprint density at radius 1 is 0.955 bits per heavy atom. The Hall–Kier alpha value is -4.15. The van der Waals surface area contributed by atoms with Crippen molar-refractivity contribution in [3.8, 4) is 0 Å². The van der Waals surface area contributed by atoms with Gasteiger partial charge in [0.1, 0.15) is 41.1 Å². The van der Waals surface area contributed by atoms with Crippen LogP contribution in [-0.2, 0) is 42.5 Å². The van der Waals surface area contributed by atoms with E-state index in [9.17, 15) is 19.5 Å². The second-order valence-electron chi connectivity index (χ2n) is 21.9. The zero-order chi connectivity index (χ0) is 49.2. The third-order valence-electron chi connectivity index (χ3n) is 15.2. The number of ketones is 2. The smallest absolute Gasteiger partial charge is 0.408 e. The van der Waals surface area contributed by atoms with Crippen molar-refractivity contribution in [2.45, 2.75) is 155 Å². The van der Waals surface area contributed by atoms with E-state index in [1.54, 1.807) is 116 Å². The molecule has 2 aromatic rings. The van der Waals surface area contributed by atoms with Crippen LogP contribution in [0.3, 0.4) is 0 Å². The lowest BCUT2D eigenvalue weighted by atomic mass is 9.40. The molecule has 3 fully saturated rings. The fourth-order valence-corrected chi connectivity index (χ4v) is 12.2. The molecule has 1 saturated heterocycles. The van der Waals surface area contributed by atoms with Gasteiger partial charge in [-0.05, 0) is 87.4 Å². The lowest BCUT2D eigenvalue weighted by molar-refractivity contribution is -0.344. The summed E-state index contributed by atoms with van der Waals surface area (Å²) in [7, 11) is -2.13. The predicted octanol–water partition coefficient (Wildman–Crippen LogP) is 8.91. The highest BCUT2D eigenvalue weighted by Crippen LogP contribution is 2.68. The molecule has 3 aliphatic carbocycles. The van der Waals surface area contributed by atoms with Crippen LogP contribution in [0.5, 0.6) is 0 Å². The van der Waals surface area contributed by atoms with Crippen LogP contribution < -0.4 is 5.32 Å². The quantitative estimate of drug-likeness (QED) is 0.118. The lowest BCUT2D eigenvalue weighted by Gasteiger charge is -2.68. The summed E-state index contributed by atoms with van der Waals surface area (Å²) in [5.41, 5.74) is -5.85. The van der Waals surface area contributed by atoms with Gasteiger partial charge in [0, 0.05) is 46.7 Å². The standard InChI is InChI=1S/C51H70FNO12S/c1-29(54)26-50-28-60-36(50)25-35(64-52)49(12)40(50)42(62-43(56)33-23-19-16-20-24-33)51(59)27-34(30(2)37(48(51,10)11)31(3)41(49)55)61-44(57)39(65-66(13,14)47(7,8)9)38(32-21-17-15-18-22-32)53-45(58)63-46(4,5)6/h15-24,31,34-36,38-40,42,59H,25-28H2,1-14H3,(H,53,58)/t31?,34-,35?,36?,38-,39+,40?,42-,49?,50+,51?/m0/s1. The first-order valence-electron chi connectivity index (χ1n) is 22.7. The second kappa shape index (κ2) is 18.1. The Bertz CT molecular complexity index is 2220. The highest BCUT2D eigenvalue weighted by Gasteiger charge is 2.76. The Labute approximate surface area is 390 Å². The predicted molar refractivity (Wildman–Crippen MR) is 248 cm³/mol. The summed E-state index contributed by atoms with van der Waals surface area (Å²) < 4.78 is 46.5. The van der Waals surface area contributed by atoms with Crippen LogP contribution in [0, 0.1) is 28.1 Å². The van der Waals surface area contributed by atoms with E-state index in [0.29, 0.717) is 16.7 Å². The Morgan fingerprint density at radius 2 is 1.55 bits per heavy atom. The molecular formula is C51H70FNO12S. The molecule has 0 aromatic heterocycles. The summed E-state index contributed by atoms with van der Waals surface area (Å²) >= 11 is 0. The molecule has 1 heterocycles. The second-order valence-corrected chi connectivity index (χ2v) is 25.8. The first-order valence-corrected chi connectivity index (χ1v) is 25.1. The zero-order valence-corrected chi connectivity index (χ0v) is 41.8. The number of alkyl carbamates (subject to hydrolysis) is 1. The molecule has 4 aliphatic rings. The van der Waals surface area contributed by atoms with Gasteiger partial charge in [-0.15, -0.1) is 10.3 Å². The average molecular weight is 940 g/mol. The number of fused-ring (bicyclic) bond motifs is 5. The minimum absolute atomic E-state index is 0.0371. The van der Waals surface area contributed by atoms with Gasteiger partial charge >= 0.3 is 18.0 Å². The molecule has 364 valence electrons. The Morgan fingerprint density at radius 3 is 2.06 bits per heavy atom. The van der Waals surface area contributed by atoms with Crippen molar-refractivity contribution in [2.24, 2.45) is 28.1 Å². The van der Waals surface area contributed by atoms with Crippen molar-refractivity contribution in [2.75, 3.05) is 19.1 Å². The van der Waals surface area contributed by atoms with Crippen molar-refractivity contribution < 1.29 is 61.7 Å². The maximum atomic E-state index is 15.6. The number of aliphatic hydroxyl groups is 1. The topological polar surface area (TPSA) is 173 Å². The number of benzene rings is 2. The minimum atomic E-state index is -2.17. The molecule has 1 amide bonds. The molecule has 1 aliphatic heterocycles. The number of Topliss-reactive ketones (excluding diaryl/α,β-unsaturated/α-hetero) is 2. The largest absolute Gasteiger partial charge is 0.456 e. The SMILES string of the molecule is CC(=O)C[C@@]12COC1CC(OF)C1(C)C(=O)C(C)C3=C(C)[C@@H](OC(=O)[C@H](OS(C)(C)C(C)(C)C)[C@@H](NC(=O)OC(C)(C)C)c4ccccc4)CC(O)([C@@H](OC(=O)c4ccccc4)C12)C3(C)C. The molecule has 13 nitrogen and oxygen atoms in total. The molecule has 2 saturated carbocycles. The van der Waals surface area contributed by atoms with E-state index in [2.05, 4.69) is 10.3 Å². The molecular weight excluding hydrogens is 870 g/mol. The monoisotopic (exact) mass is 939 g/mol. The molecule has 6 unspecified atom stereocenters. The fourth-order valence-electron chi connectivity index (χ4n) is 11.2. The summed E-state index contributed by atoms with van der Waals surface area (Å²) in [6, 6.07) is 15.9. The number of carbonyl (C=O) groups excluding carboxylic acids is 5. The molecule has 0 spiro atoms. The average Bonchev–Trinajstić information content (AvgIpc) is 3.21. The maximum Gasteiger partial charge on any atom is 0.408 e. The van der Waals surface area contributed by atoms with Gasteiger partial charge in [-0.3, -0.25) is 4.79 Å². The molecule has 2 N–H and O–H groups in total. The van der Waals surface area contributed by atoms with Crippen LogP contribution in [0.25, 0.3) is 0 Å². The van der Waals surface area contributed by atoms with Crippen molar-refractivity contribution >= 4 is 39.9 Å². The number of esters is 2. The molecule has 2 aromatic carbocycles. The van der Waals surface area contributed by atoms with Crippen LogP contribution in [0.15, 0.2) is 71.8 Å². The van der Waals surface area contributed by atoms with Crippen LogP contribution in [0.2, 0.25) is 0 Å². The third-order valence-corrected chi connectivity index (χ3v) is 18.9. The van der Waals surface area contributed by atoms with E-state index >= 15 is 14.1 Å². The maximum absolute atomic E-state index is 15.6. The molecule has 2 bridgehead atoms. The molecule has 66 heavy (non-hydrogen) atoms. The number of amides is 1. The summed E-state index contributed by atoms with van der Waals surface area (Å²) in [5, 5.41) is 16.8. The number of carbonyl (C=O) groups is 5. The third kappa shape index (κ3) is 8.99. The zero-order valence-electron chi connectivity index (χ0n) is 40.9. The highest BCUT2D eigenvalue weighted by atomic mass is 32.3. The van der Waals surface area contributed by atoms with E-state index in [0.717, 1.165) is 0 Å². The van der Waals surface area contributed by atoms with E-state index in [-0.39, 0.29) is 37.2 Å². The van der Waals surface area contributed by atoms with Crippen LogP contribution in [0.4, 0.5) is 9.32 Å². The van der Waals surface area contributed by atoms with Crippen LogP contribution in [-0.4, -0.2) is 100 Å². The molecule has 6 rings (SSSR count). The van der Waals surface area contributed by atoms with E-state index in [4.69, 9.17) is 23.1 Å². The van der Waals surface area contributed by atoms with Gasteiger partial charge in [0.25, 0.3) is 0 Å². The number of hydrogen-bond donors (Lipinski definition) is 2. The first-order chi connectivity index (χ1) is 30.5. The summed E-state index contributed by atoms with van der Waals surface area (Å²) in [6.45, 7) is 21.0. The Kier molecular flexibility index (Phi) is 14.0. The summed E-state index contributed by atoms with van der Waals surface area (Å²) in [5.74, 6) is -4.66. The number of rotatable bonds is 12. The normalized spacial score (nSPS) is 31.9. The summed E-state index contributed by atoms with van der Waals surface area (Å²) in [4.78, 5) is 77.0. The Balaban J connectivity index is 1.56. The van der Waals surface area contributed by atoms with Crippen molar-refractivity contribution in [3.63, 3.8) is 0 Å². The van der Waals surface area contributed by atoms with E-state index in [1.165, 1.54) is 6.92 Å². The molecule has 0 radical (unpaired) electrons. The van der Waals surface area contributed by atoms with Crippen molar-refractivity contribution in [1.29, 1.82) is 0 Å². The number of halogens is 1. The van der Waals surface area contributed by atoms with Gasteiger partial charge in [-0.2, -0.15) is 4.94 Å². The number of nitrogens with one attached hydrogen (secondary N) is 1. The first kappa shape index (κ1) is 51.2. The van der Waals surface area contributed by atoms with Gasteiger partial charge in [0.05, 0.1) is 29.7 Å². The lowest BCUT2D eigenvalue weighted by Crippen LogP contribution is -2.78. The minimum Gasteiger partial charge on any atom is -0.456 e. The van der Waals surface area contributed by atoms with Crippen molar-refractivity contribution in [1.82, 2.24) is 5.32 Å². The number of ether oxygens (including phenoxy) is 4. The van der Waals surface area contributed by atoms with Gasteiger partial charge < -0.3 is 38.3 Å². The fraction of sp³-hybridized carbons (Fsp3) is 0.627. The van der Waals surface area contributed by atoms with Crippen LogP contribution in [0.1, 0.15) is 124 Å². The van der Waals surface area contributed by atoms with Crippen LogP contribution >= 0.6 is 10.3 Å². The van der Waals surface area contributed by atoms with Crippen molar-refractivity contribution in [3.05, 3.63) is 82.9 Å². The van der Waals surface area contributed by atoms with Gasteiger partial charge in [-0.1, -0.05) is 90.1 Å². The van der Waals surface area contributed by atoms with Gasteiger partial charge in [-0.25, -0.2) is 14.4 Å². The van der Waals surface area contributed by atoms with E-state index < -0.39 is 115 Å². The van der Waals surface area contributed by atoms with E-state index in [1.807, 2.05) is 33.3 Å². The number of hydrogen-bond acceptors (Lipinski definition) is 12. The van der Waals surface area contributed by atoms with Gasteiger partial charge in [0.15, 0.2) is 6.10 Å².